The molecule has 1 aliphatic rings. The number of aromatic nitrogens is 1. The van der Waals surface area contributed by atoms with E-state index in [4.69, 9.17) is 9.26 Å². The van der Waals surface area contributed by atoms with E-state index < -0.39 is 0 Å². The number of ether oxygens (including phenoxy) is 1. The zero-order valence-electron chi connectivity index (χ0n) is 15.1. The number of hydrogen-bond donors (Lipinski definition) is 0. The summed E-state index contributed by atoms with van der Waals surface area (Å²) in [5, 5.41) is 4.00. The molecule has 5 nitrogen and oxygen atoms in total. The van der Waals surface area contributed by atoms with Gasteiger partial charge in [0.25, 0.3) is 5.91 Å². The minimum atomic E-state index is 0.0646. The molecule has 134 valence electrons. The lowest BCUT2D eigenvalue weighted by Crippen LogP contribution is -2.48. The highest BCUT2D eigenvalue weighted by Gasteiger charge is 2.27. The number of hydrogen-bond acceptors (Lipinski definition) is 5. The summed E-state index contributed by atoms with van der Waals surface area (Å²) in [6.07, 6.45) is 0.129. The molecular formula is C19H24N2O3S. The molecule has 1 fully saturated rings. The molecule has 0 bridgehead atoms. The van der Waals surface area contributed by atoms with Crippen molar-refractivity contribution in [1.29, 1.82) is 0 Å². The predicted molar refractivity (Wildman–Crippen MR) is 97.9 cm³/mol. The number of rotatable bonds is 4. The van der Waals surface area contributed by atoms with Crippen LogP contribution in [0.3, 0.4) is 0 Å². The molecule has 0 spiro atoms. The summed E-state index contributed by atoms with van der Waals surface area (Å²) in [5.41, 5.74) is 2.76. The molecule has 2 atom stereocenters. The second-order valence-electron chi connectivity index (χ2n) is 6.56. The molecule has 1 aromatic carbocycles. The Morgan fingerprint density at radius 1 is 1.24 bits per heavy atom. The fourth-order valence-electron chi connectivity index (χ4n) is 3.14. The lowest BCUT2D eigenvalue weighted by Gasteiger charge is -2.35. The van der Waals surface area contributed by atoms with Gasteiger partial charge in [0.15, 0.2) is 0 Å². The maximum atomic E-state index is 13.0. The molecular weight excluding hydrogens is 336 g/mol. The van der Waals surface area contributed by atoms with Crippen molar-refractivity contribution in [3.05, 3.63) is 46.8 Å². The van der Waals surface area contributed by atoms with Crippen LogP contribution < -0.4 is 0 Å². The van der Waals surface area contributed by atoms with Crippen molar-refractivity contribution >= 4 is 17.7 Å². The summed E-state index contributed by atoms with van der Waals surface area (Å²) in [5.74, 6) is 1.65. The van der Waals surface area contributed by atoms with Gasteiger partial charge in [0.2, 0.25) is 0 Å². The largest absolute Gasteiger partial charge is 0.372 e. The van der Waals surface area contributed by atoms with Crippen molar-refractivity contribution < 1.29 is 14.1 Å². The third-order valence-corrected chi connectivity index (χ3v) is 5.48. The average Bonchev–Trinajstić information content (AvgIpc) is 2.90. The molecule has 0 unspecified atom stereocenters. The zero-order valence-corrected chi connectivity index (χ0v) is 15.9. The third kappa shape index (κ3) is 4.07. The second kappa shape index (κ2) is 7.62. The van der Waals surface area contributed by atoms with Crippen LogP contribution in [0, 0.1) is 13.8 Å². The van der Waals surface area contributed by atoms with E-state index in [1.54, 1.807) is 11.8 Å². The number of nitrogens with zero attached hydrogens (tertiary/aromatic N) is 2. The highest BCUT2D eigenvalue weighted by molar-refractivity contribution is 7.98. The number of aryl methyl sites for hydroxylation is 2. The molecule has 0 aliphatic carbocycles. The summed E-state index contributed by atoms with van der Waals surface area (Å²) in [6, 6.07) is 7.80. The molecule has 0 saturated carbocycles. The number of thioether (sulfide) groups is 1. The number of carbonyl (C=O) groups excluding carboxylic acids is 1. The van der Waals surface area contributed by atoms with Crippen LogP contribution in [0.5, 0.6) is 0 Å². The van der Waals surface area contributed by atoms with Gasteiger partial charge >= 0.3 is 0 Å². The van der Waals surface area contributed by atoms with Gasteiger partial charge in [-0.05, 0) is 39.8 Å². The maximum absolute atomic E-state index is 13.0. The summed E-state index contributed by atoms with van der Waals surface area (Å²) in [7, 11) is 0. The van der Waals surface area contributed by atoms with E-state index in [-0.39, 0.29) is 18.1 Å². The van der Waals surface area contributed by atoms with Crippen molar-refractivity contribution in [2.24, 2.45) is 0 Å². The lowest BCUT2D eigenvalue weighted by atomic mass is 10.1. The van der Waals surface area contributed by atoms with Crippen LogP contribution in [-0.2, 0) is 10.5 Å². The van der Waals surface area contributed by atoms with E-state index in [9.17, 15) is 4.79 Å². The molecule has 2 aromatic rings. The first kappa shape index (κ1) is 18.0. The van der Waals surface area contributed by atoms with Crippen LogP contribution in [0.2, 0.25) is 0 Å². The van der Waals surface area contributed by atoms with Gasteiger partial charge in [-0.25, -0.2) is 0 Å². The Hall–Kier alpha value is -1.79. The standard InChI is InChI=1S/C19H24N2O3S/c1-12-9-21(10-13(2)23-12)19(22)16-7-5-6-8-18(16)25-11-17-14(3)20-24-15(17)4/h5-8,12-13H,9-11H2,1-4H3/t12-,13+. The van der Waals surface area contributed by atoms with Crippen LogP contribution in [0.1, 0.15) is 41.2 Å². The van der Waals surface area contributed by atoms with Crippen LogP contribution in [0.4, 0.5) is 0 Å². The molecule has 0 radical (unpaired) electrons. The van der Waals surface area contributed by atoms with Crippen LogP contribution >= 0.6 is 11.8 Å². The van der Waals surface area contributed by atoms with Crippen LogP contribution in [0.25, 0.3) is 0 Å². The van der Waals surface area contributed by atoms with Crippen molar-refractivity contribution in [2.75, 3.05) is 13.1 Å². The van der Waals surface area contributed by atoms with Gasteiger partial charge in [0.1, 0.15) is 5.76 Å². The van der Waals surface area contributed by atoms with Gasteiger partial charge in [-0.3, -0.25) is 4.79 Å². The normalized spacial score (nSPS) is 20.7. The quantitative estimate of drug-likeness (QED) is 0.776. The van der Waals surface area contributed by atoms with E-state index in [1.165, 1.54) is 0 Å². The Morgan fingerprint density at radius 3 is 2.56 bits per heavy atom. The average molecular weight is 360 g/mol. The number of morpholine rings is 1. The first-order valence-electron chi connectivity index (χ1n) is 8.54. The first-order valence-corrected chi connectivity index (χ1v) is 9.52. The topological polar surface area (TPSA) is 55.6 Å². The van der Waals surface area contributed by atoms with Crippen molar-refractivity contribution in [3.63, 3.8) is 0 Å². The molecule has 25 heavy (non-hydrogen) atoms. The Balaban J connectivity index is 1.77. The number of benzene rings is 1. The highest BCUT2D eigenvalue weighted by atomic mass is 32.2. The SMILES string of the molecule is Cc1noc(C)c1CSc1ccccc1C(=O)N1C[C@@H](C)O[C@@H](C)C1. The molecule has 1 amide bonds. The summed E-state index contributed by atoms with van der Waals surface area (Å²) >= 11 is 1.65. The van der Waals surface area contributed by atoms with Crippen molar-refractivity contribution in [3.8, 4) is 0 Å². The highest BCUT2D eigenvalue weighted by Crippen LogP contribution is 2.30. The zero-order chi connectivity index (χ0) is 18.0. The smallest absolute Gasteiger partial charge is 0.255 e. The molecule has 1 aliphatic heterocycles. The van der Waals surface area contributed by atoms with Gasteiger partial charge in [-0.2, -0.15) is 0 Å². The molecule has 1 aromatic heterocycles. The van der Waals surface area contributed by atoms with E-state index in [0.29, 0.717) is 13.1 Å². The van der Waals surface area contributed by atoms with Gasteiger partial charge in [0.05, 0.1) is 23.5 Å². The molecule has 2 heterocycles. The van der Waals surface area contributed by atoms with Crippen molar-refractivity contribution in [2.45, 2.75) is 50.6 Å². The molecule has 3 rings (SSSR count). The Kier molecular flexibility index (Phi) is 5.49. The fourth-order valence-corrected chi connectivity index (χ4v) is 4.34. The Labute approximate surface area is 152 Å². The van der Waals surface area contributed by atoms with E-state index >= 15 is 0 Å². The predicted octanol–water partition coefficient (Wildman–Crippen LogP) is 3.83. The monoisotopic (exact) mass is 360 g/mol. The van der Waals surface area contributed by atoms with Gasteiger partial charge in [-0.1, -0.05) is 17.3 Å². The minimum absolute atomic E-state index is 0.0646. The molecule has 0 N–H and O–H groups in total. The summed E-state index contributed by atoms with van der Waals surface area (Å²) in [4.78, 5) is 15.9. The lowest BCUT2D eigenvalue weighted by molar-refractivity contribution is -0.0586. The van der Waals surface area contributed by atoms with E-state index in [0.717, 1.165) is 33.2 Å². The third-order valence-electron chi connectivity index (χ3n) is 4.38. The van der Waals surface area contributed by atoms with Gasteiger partial charge in [-0.15, -0.1) is 11.8 Å². The number of amides is 1. The van der Waals surface area contributed by atoms with Crippen molar-refractivity contribution in [1.82, 2.24) is 10.1 Å². The summed E-state index contributed by atoms with van der Waals surface area (Å²) < 4.78 is 11.0. The van der Waals surface area contributed by atoms with E-state index in [1.807, 2.05) is 56.9 Å². The Bertz CT molecular complexity index is 729. The minimum Gasteiger partial charge on any atom is -0.372 e. The first-order chi connectivity index (χ1) is 12.0. The molecule has 6 heteroatoms. The number of carbonyl (C=O) groups is 1. The second-order valence-corrected chi connectivity index (χ2v) is 7.57. The Morgan fingerprint density at radius 2 is 1.92 bits per heavy atom. The van der Waals surface area contributed by atoms with Gasteiger partial charge in [0, 0.05) is 29.3 Å². The van der Waals surface area contributed by atoms with Crippen LogP contribution in [0.15, 0.2) is 33.7 Å². The molecule has 1 saturated heterocycles. The summed E-state index contributed by atoms with van der Waals surface area (Å²) in [6.45, 7) is 9.14. The van der Waals surface area contributed by atoms with Gasteiger partial charge < -0.3 is 14.2 Å². The van der Waals surface area contributed by atoms with Crippen LogP contribution in [-0.4, -0.2) is 41.3 Å². The maximum Gasteiger partial charge on any atom is 0.255 e. The van der Waals surface area contributed by atoms with E-state index in [2.05, 4.69) is 5.16 Å². The fraction of sp³-hybridized carbons (Fsp3) is 0.474.